The standard InChI is InChI=1S/C17H33N3O2/c1-15(2)5-4-8-18-16(21)19(3)9-10-20-13-17(14-20)6-11-22-12-7-17/h15H,4-14H2,1-3H3,(H,18,21). The first-order valence-electron chi connectivity index (χ1n) is 8.80. The number of ether oxygens (including phenoxy) is 1. The molecule has 0 aliphatic carbocycles. The van der Waals surface area contributed by atoms with Crippen LogP contribution in [-0.2, 0) is 4.74 Å². The zero-order chi connectivity index (χ0) is 16.0. The van der Waals surface area contributed by atoms with Crippen LogP contribution in [-0.4, -0.2) is 68.8 Å². The molecule has 2 heterocycles. The van der Waals surface area contributed by atoms with Crippen molar-refractivity contribution in [1.29, 1.82) is 0 Å². The average molecular weight is 311 g/mol. The van der Waals surface area contributed by atoms with Crippen molar-refractivity contribution >= 4 is 6.03 Å². The smallest absolute Gasteiger partial charge is 0.317 e. The number of likely N-dealkylation sites (N-methyl/N-ethyl adjacent to an activating group) is 1. The molecule has 22 heavy (non-hydrogen) atoms. The van der Waals surface area contributed by atoms with Gasteiger partial charge in [-0.1, -0.05) is 13.8 Å². The third-order valence-corrected chi connectivity index (χ3v) is 5.00. The Kier molecular flexibility index (Phi) is 6.50. The topological polar surface area (TPSA) is 44.8 Å². The Labute approximate surface area is 135 Å². The van der Waals surface area contributed by atoms with Crippen molar-refractivity contribution in [2.75, 3.05) is 53.0 Å². The number of carbonyl (C=O) groups is 1. The van der Waals surface area contributed by atoms with Gasteiger partial charge in [0.25, 0.3) is 0 Å². The Bertz CT molecular complexity index is 346. The lowest BCUT2D eigenvalue weighted by Crippen LogP contribution is -2.59. The quantitative estimate of drug-likeness (QED) is 0.733. The Morgan fingerprint density at radius 2 is 2.00 bits per heavy atom. The minimum atomic E-state index is 0.0602. The van der Waals surface area contributed by atoms with Crippen molar-refractivity contribution in [2.45, 2.75) is 39.5 Å². The van der Waals surface area contributed by atoms with Gasteiger partial charge in [0.2, 0.25) is 0 Å². The van der Waals surface area contributed by atoms with Crippen LogP contribution in [0.2, 0.25) is 0 Å². The van der Waals surface area contributed by atoms with Crippen molar-refractivity contribution in [1.82, 2.24) is 15.1 Å². The van der Waals surface area contributed by atoms with Crippen molar-refractivity contribution in [3.05, 3.63) is 0 Å². The van der Waals surface area contributed by atoms with Crippen molar-refractivity contribution in [3.8, 4) is 0 Å². The van der Waals surface area contributed by atoms with Gasteiger partial charge in [-0.2, -0.15) is 0 Å². The second-order valence-corrected chi connectivity index (χ2v) is 7.51. The van der Waals surface area contributed by atoms with Crippen LogP contribution in [0, 0.1) is 11.3 Å². The molecule has 1 N–H and O–H groups in total. The molecule has 2 rings (SSSR count). The number of likely N-dealkylation sites (tertiary alicyclic amines) is 1. The molecule has 2 saturated heterocycles. The van der Waals surface area contributed by atoms with Crippen LogP contribution in [0.5, 0.6) is 0 Å². The minimum absolute atomic E-state index is 0.0602. The van der Waals surface area contributed by atoms with Crippen LogP contribution in [0.4, 0.5) is 4.79 Å². The van der Waals surface area contributed by atoms with Crippen LogP contribution in [0.3, 0.4) is 0 Å². The van der Waals surface area contributed by atoms with Crippen LogP contribution < -0.4 is 5.32 Å². The highest BCUT2D eigenvalue weighted by molar-refractivity contribution is 5.73. The molecule has 5 nitrogen and oxygen atoms in total. The van der Waals surface area contributed by atoms with E-state index in [0.29, 0.717) is 11.3 Å². The summed E-state index contributed by atoms with van der Waals surface area (Å²) in [4.78, 5) is 16.3. The molecule has 0 atom stereocenters. The Morgan fingerprint density at radius 3 is 2.64 bits per heavy atom. The molecule has 2 fully saturated rings. The van der Waals surface area contributed by atoms with Gasteiger partial charge in [0, 0.05) is 58.4 Å². The molecule has 0 radical (unpaired) electrons. The van der Waals surface area contributed by atoms with E-state index in [1.54, 1.807) is 0 Å². The number of hydrogen-bond acceptors (Lipinski definition) is 3. The van der Waals surface area contributed by atoms with E-state index in [2.05, 4.69) is 24.1 Å². The molecule has 5 heteroatoms. The number of rotatable bonds is 7. The summed E-state index contributed by atoms with van der Waals surface area (Å²) in [5.74, 6) is 0.707. The summed E-state index contributed by atoms with van der Waals surface area (Å²) in [6.45, 7) is 11.2. The van der Waals surface area contributed by atoms with Gasteiger partial charge >= 0.3 is 6.03 Å². The lowest BCUT2D eigenvalue weighted by molar-refractivity contribution is -0.0810. The summed E-state index contributed by atoms with van der Waals surface area (Å²) in [5.41, 5.74) is 0.524. The maximum Gasteiger partial charge on any atom is 0.317 e. The summed E-state index contributed by atoms with van der Waals surface area (Å²) in [7, 11) is 1.89. The highest BCUT2D eigenvalue weighted by Crippen LogP contribution is 2.39. The summed E-state index contributed by atoms with van der Waals surface area (Å²) in [6, 6.07) is 0.0602. The summed E-state index contributed by atoms with van der Waals surface area (Å²) in [6.07, 6.45) is 4.64. The Balaban J connectivity index is 1.54. The van der Waals surface area contributed by atoms with E-state index < -0.39 is 0 Å². The molecule has 0 bridgehead atoms. The van der Waals surface area contributed by atoms with Gasteiger partial charge in [0.15, 0.2) is 0 Å². The number of urea groups is 1. The minimum Gasteiger partial charge on any atom is -0.381 e. The number of nitrogens with zero attached hydrogens (tertiary/aromatic N) is 2. The third-order valence-electron chi connectivity index (χ3n) is 5.00. The molecule has 0 saturated carbocycles. The van der Waals surface area contributed by atoms with Gasteiger partial charge in [0.1, 0.15) is 0 Å². The monoisotopic (exact) mass is 311 g/mol. The van der Waals surface area contributed by atoms with E-state index in [4.69, 9.17) is 4.74 Å². The molecule has 0 aromatic heterocycles. The van der Waals surface area contributed by atoms with Crippen LogP contribution >= 0.6 is 0 Å². The van der Waals surface area contributed by atoms with Crippen LogP contribution in [0.15, 0.2) is 0 Å². The Hall–Kier alpha value is -0.810. The van der Waals surface area contributed by atoms with Gasteiger partial charge in [-0.05, 0) is 31.6 Å². The lowest BCUT2D eigenvalue weighted by atomic mass is 9.73. The van der Waals surface area contributed by atoms with Crippen molar-refractivity contribution in [2.24, 2.45) is 11.3 Å². The second kappa shape index (κ2) is 8.16. The van der Waals surface area contributed by atoms with Gasteiger partial charge in [-0.15, -0.1) is 0 Å². The fourth-order valence-electron chi connectivity index (χ4n) is 3.41. The van der Waals surface area contributed by atoms with Crippen LogP contribution in [0.25, 0.3) is 0 Å². The molecule has 128 valence electrons. The van der Waals surface area contributed by atoms with Crippen molar-refractivity contribution < 1.29 is 9.53 Å². The first kappa shape index (κ1) is 17.5. The van der Waals surface area contributed by atoms with Crippen molar-refractivity contribution in [3.63, 3.8) is 0 Å². The Morgan fingerprint density at radius 1 is 1.32 bits per heavy atom. The van der Waals surface area contributed by atoms with Gasteiger partial charge in [0.05, 0.1) is 0 Å². The molecule has 2 amide bonds. The summed E-state index contributed by atoms with van der Waals surface area (Å²) in [5, 5.41) is 3.01. The predicted octanol–water partition coefficient (Wildman–Crippen LogP) is 2.18. The maximum absolute atomic E-state index is 12.0. The molecule has 2 aliphatic heterocycles. The number of amides is 2. The second-order valence-electron chi connectivity index (χ2n) is 7.51. The number of nitrogens with one attached hydrogen (secondary N) is 1. The van der Waals surface area contributed by atoms with E-state index in [9.17, 15) is 4.79 Å². The maximum atomic E-state index is 12.0. The van der Waals surface area contributed by atoms with E-state index in [0.717, 1.165) is 39.3 Å². The first-order chi connectivity index (χ1) is 10.5. The molecule has 1 spiro atoms. The molecule has 2 aliphatic rings. The van der Waals surface area contributed by atoms with Gasteiger partial charge in [-0.25, -0.2) is 4.79 Å². The SMILES string of the molecule is CC(C)CCCNC(=O)N(C)CCN1CC2(CCOCC2)C1. The zero-order valence-electron chi connectivity index (χ0n) is 14.6. The van der Waals surface area contributed by atoms with E-state index in [1.165, 1.54) is 32.4 Å². The fourth-order valence-corrected chi connectivity index (χ4v) is 3.41. The lowest BCUT2D eigenvalue weighted by Gasteiger charge is -2.52. The summed E-state index contributed by atoms with van der Waals surface area (Å²) >= 11 is 0. The zero-order valence-corrected chi connectivity index (χ0v) is 14.6. The molecular weight excluding hydrogens is 278 g/mol. The molecule has 0 aromatic carbocycles. The third kappa shape index (κ3) is 5.13. The number of hydrogen-bond donors (Lipinski definition) is 1. The largest absolute Gasteiger partial charge is 0.381 e. The summed E-state index contributed by atoms with van der Waals surface area (Å²) < 4.78 is 5.45. The first-order valence-corrected chi connectivity index (χ1v) is 8.80. The molecular formula is C17H33N3O2. The van der Waals surface area contributed by atoms with Gasteiger partial charge < -0.3 is 19.9 Å². The van der Waals surface area contributed by atoms with Crippen LogP contribution in [0.1, 0.15) is 39.5 Å². The number of carbonyl (C=O) groups excluding carboxylic acids is 1. The fraction of sp³-hybridized carbons (Fsp3) is 0.941. The highest BCUT2D eigenvalue weighted by Gasteiger charge is 2.43. The van der Waals surface area contributed by atoms with E-state index in [-0.39, 0.29) is 6.03 Å². The molecule has 0 aromatic rings. The van der Waals surface area contributed by atoms with E-state index in [1.807, 2.05) is 11.9 Å². The average Bonchev–Trinajstić information content (AvgIpc) is 2.47. The van der Waals surface area contributed by atoms with E-state index >= 15 is 0 Å². The van der Waals surface area contributed by atoms with Gasteiger partial charge in [-0.3, -0.25) is 0 Å². The highest BCUT2D eigenvalue weighted by atomic mass is 16.5. The normalized spacial score (nSPS) is 20.9. The predicted molar refractivity (Wildman–Crippen MR) is 89.0 cm³/mol. The molecule has 0 unspecified atom stereocenters.